The Morgan fingerprint density at radius 2 is 1.53 bits per heavy atom. The fraction of sp³-hybridized carbons (Fsp3) is 0. The van der Waals surface area contributed by atoms with Gasteiger partial charge < -0.3 is 5.32 Å². The third kappa shape index (κ3) is 2.23. The van der Waals surface area contributed by atoms with Crippen LogP contribution in [0.4, 0.5) is 5.69 Å². The number of hydrogen-bond acceptors (Lipinski definition) is 1. The maximum atomic E-state index is 10.2. The van der Waals surface area contributed by atoms with Crippen LogP contribution in [0.2, 0.25) is 0 Å². The van der Waals surface area contributed by atoms with Crippen LogP contribution in [0.25, 0.3) is 11.1 Å². The first kappa shape index (κ1) is 9.46. The quantitative estimate of drug-likeness (QED) is 0.751. The van der Waals surface area contributed by atoms with Crippen molar-refractivity contribution < 1.29 is 4.79 Å². The Morgan fingerprint density at radius 3 is 2.13 bits per heavy atom. The summed E-state index contributed by atoms with van der Waals surface area (Å²) in [5.41, 5.74) is 3.07. The van der Waals surface area contributed by atoms with Crippen molar-refractivity contribution in [1.29, 1.82) is 0 Å². The van der Waals surface area contributed by atoms with Crippen molar-refractivity contribution in [3.63, 3.8) is 0 Å². The SMILES string of the molecule is O=CNc1ccc(-c2cc[c]cc2)cc1. The summed E-state index contributed by atoms with van der Waals surface area (Å²) in [6, 6.07) is 18.4. The molecule has 2 nitrogen and oxygen atoms in total. The van der Waals surface area contributed by atoms with Gasteiger partial charge in [-0.2, -0.15) is 0 Å². The molecule has 73 valence electrons. The summed E-state index contributed by atoms with van der Waals surface area (Å²) in [7, 11) is 0. The number of rotatable bonds is 3. The lowest BCUT2D eigenvalue weighted by Crippen LogP contribution is -1.92. The van der Waals surface area contributed by atoms with E-state index in [1.54, 1.807) is 0 Å². The number of carbonyl (C=O) groups is 1. The predicted molar refractivity (Wildman–Crippen MR) is 60.4 cm³/mol. The Kier molecular flexibility index (Phi) is 2.79. The molecule has 0 fully saturated rings. The van der Waals surface area contributed by atoms with E-state index in [2.05, 4.69) is 11.4 Å². The van der Waals surface area contributed by atoms with Crippen molar-refractivity contribution in [2.75, 3.05) is 5.32 Å². The molecule has 2 rings (SSSR count). The molecule has 0 aliphatic heterocycles. The molecule has 2 aromatic carbocycles. The van der Waals surface area contributed by atoms with Crippen molar-refractivity contribution >= 4 is 12.1 Å². The van der Waals surface area contributed by atoms with Gasteiger partial charge in [0.2, 0.25) is 6.41 Å². The smallest absolute Gasteiger partial charge is 0.211 e. The van der Waals surface area contributed by atoms with Crippen LogP contribution in [0.3, 0.4) is 0 Å². The van der Waals surface area contributed by atoms with Crippen molar-refractivity contribution in [3.05, 3.63) is 54.6 Å². The van der Waals surface area contributed by atoms with E-state index >= 15 is 0 Å². The molecule has 1 N–H and O–H groups in total. The molecule has 2 heteroatoms. The van der Waals surface area contributed by atoms with Crippen LogP contribution >= 0.6 is 0 Å². The molecule has 0 spiro atoms. The lowest BCUT2D eigenvalue weighted by molar-refractivity contribution is -0.105. The van der Waals surface area contributed by atoms with E-state index in [9.17, 15) is 4.79 Å². The molecular formula is C13H10NO. The molecule has 0 aliphatic carbocycles. The molecular weight excluding hydrogens is 186 g/mol. The molecule has 0 aliphatic rings. The van der Waals surface area contributed by atoms with E-state index in [1.807, 2.05) is 48.5 Å². The van der Waals surface area contributed by atoms with E-state index in [0.717, 1.165) is 16.8 Å². The van der Waals surface area contributed by atoms with E-state index in [4.69, 9.17) is 0 Å². The molecule has 0 unspecified atom stereocenters. The summed E-state index contributed by atoms with van der Waals surface area (Å²) in [6.07, 6.45) is 0.673. The van der Waals surface area contributed by atoms with E-state index in [1.165, 1.54) is 0 Å². The lowest BCUT2D eigenvalue weighted by atomic mass is 10.1. The molecule has 1 amide bonds. The van der Waals surface area contributed by atoms with Crippen LogP contribution in [0.1, 0.15) is 0 Å². The van der Waals surface area contributed by atoms with Gasteiger partial charge in [0.15, 0.2) is 0 Å². The van der Waals surface area contributed by atoms with Gasteiger partial charge in [0.25, 0.3) is 0 Å². The monoisotopic (exact) mass is 196 g/mol. The standard InChI is InChI=1S/C13H10NO/c15-10-14-13-8-6-12(7-9-13)11-4-2-1-3-5-11/h2-10H,(H,14,15). The van der Waals surface area contributed by atoms with Gasteiger partial charge in [-0.15, -0.1) is 0 Å². The van der Waals surface area contributed by atoms with Gasteiger partial charge in [0, 0.05) is 5.69 Å². The van der Waals surface area contributed by atoms with Gasteiger partial charge in [-0.25, -0.2) is 0 Å². The zero-order valence-electron chi connectivity index (χ0n) is 8.10. The lowest BCUT2D eigenvalue weighted by Gasteiger charge is -2.02. The summed E-state index contributed by atoms with van der Waals surface area (Å²) in [4.78, 5) is 10.2. The van der Waals surface area contributed by atoms with Gasteiger partial charge in [-0.05, 0) is 29.3 Å². The number of hydrogen-bond donors (Lipinski definition) is 1. The number of benzene rings is 2. The average molecular weight is 196 g/mol. The Bertz CT molecular complexity index is 434. The first-order valence-electron chi connectivity index (χ1n) is 4.67. The fourth-order valence-electron chi connectivity index (χ4n) is 1.41. The number of anilines is 1. The molecule has 1 radical (unpaired) electrons. The molecule has 0 bridgehead atoms. The highest BCUT2D eigenvalue weighted by Gasteiger charge is 1.95. The van der Waals surface area contributed by atoms with Gasteiger partial charge in [-0.3, -0.25) is 4.79 Å². The van der Waals surface area contributed by atoms with Gasteiger partial charge in [-0.1, -0.05) is 36.4 Å². The Labute approximate surface area is 88.6 Å². The summed E-state index contributed by atoms with van der Waals surface area (Å²) < 4.78 is 0. The Morgan fingerprint density at radius 1 is 0.933 bits per heavy atom. The minimum atomic E-state index is 0.673. The maximum absolute atomic E-state index is 10.2. The third-order valence-electron chi connectivity index (χ3n) is 2.16. The van der Waals surface area contributed by atoms with Crippen molar-refractivity contribution in [3.8, 4) is 11.1 Å². The van der Waals surface area contributed by atoms with Gasteiger partial charge in [0.1, 0.15) is 0 Å². The van der Waals surface area contributed by atoms with Crippen molar-refractivity contribution in [1.82, 2.24) is 0 Å². The zero-order chi connectivity index (χ0) is 10.5. The average Bonchev–Trinajstić information content (AvgIpc) is 2.32. The minimum absolute atomic E-state index is 0.673. The molecule has 0 atom stereocenters. The van der Waals surface area contributed by atoms with Crippen LogP contribution in [-0.2, 0) is 4.79 Å². The maximum Gasteiger partial charge on any atom is 0.211 e. The second-order valence-electron chi connectivity index (χ2n) is 3.13. The van der Waals surface area contributed by atoms with Crippen LogP contribution < -0.4 is 5.32 Å². The van der Waals surface area contributed by atoms with E-state index in [0.29, 0.717) is 6.41 Å². The predicted octanol–water partition coefficient (Wildman–Crippen LogP) is 2.72. The zero-order valence-corrected chi connectivity index (χ0v) is 8.10. The topological polar surface area (TPSA) is 29.1 Å². The summed E-state index contributed by atoms with van der Waals surface area (Å²) in [5.74, 6) is 0. The molecule has 0 saturated carbocycles. The molecule has 0 aromatic heterocycles. The Balaban J connectivity index is 2.28. The van der Waals surface area contributed by atoms with Gasteiger partial charge in [0.05, 0.1) is 0 Å². The van der Waals surface area contributed by atoms with Crippen LogP contribution in [0.15, 0.2) is 48.5 Å². The Hall–Kier alpha value is -2.09. The third-order valence-corrected chi connectivity index (χ3v) is 2.16. The second-order valence-corrected chi connectivity index (χ2v) is 3.13. The van der Waals surface area contributed by atoms with Crippen LogP contribution in [-0.4, -0.2) is 6.41 Å². The molecule has 0 saturated heterocycles. The highest BCUT2D eigenvalue weighted by Crippen LogP contribution is 2.20. The highest BCUT2D eigenvalue weighted by atomic mass is 16.1. The number of amides is 1. The normalized spacial score (nSPS) is 9.60. The van der Waals surface area contributed by atoms with Crippen LogP contribution in [0, 0.1) is 6.07 Å². The number of carbonyl (C=O) groups excluding carboxylic acids is 1. The largest absolute Gasteiger partial charge is 0.329 e. The number of nitrogens with one attached hydrogen (secondary N) is 1. The summed E-state index contributed by atoms with van der Waals surface area (Å²) in [5, 5.41) is 2.60. The highest BCUT2D eigenvalue weighted by molar-refractivity contribution is 5.73. The van der Waals surface area contributed by atoms with Crippen molar-refractivity contribution in [2.45, 2.75) is 0 Å². The van der Waals surface area contributed by atoms with Crippen LogP contribution in [0.5, 0.6) is 0 Å². The van der Waals surface area contributed by atoms with Gasteiger partial charge >= 0.3 is 0 Å². The second kappa shape index (κ2) is 4.42. The summed E-state index contributed by atoms with van der Waals surface area (Å²) in [6.45, 7) is 0. The first-order valence-corrected chi connectivity index (χ1v) is 4.67. The first-order chi connectivity index (χ1) is 7.40. The van der Waals surface area contributed by atoms with E-state index < -0.39 is 0 Å². The summed E-state index contributed by atoms with van der Waals surface area (Å²) >= 11 is 0. The minimum Gasteiger partial charge on any atom is -0.329 e. The molecule has 15 heavy (non-hydrogen) atoms. The fourth-order valence-corrected chi connectivity index (χ4v) is 1.41. The van der Waals surface area contributed by atoms with E-state index in [-0.39, 0.29) is 0 Å². The van der Waals surface area contributed by atoms with Crippen molar-refractivity contribution in [2.24, 2.45) is 0 Å². The molecule has 2 aromatic rings. The molecule has 0 heterocycles.